The van der Waals surface area contributed by atoms with E-state index in [1.54, 1.807) is 28.9 Å². The van der Waals surface area contributed by atoms with Crippen molar-refractivity contribution >= 4 is 50.2 Å². The number of nitrogens with one attached hydrogen (secondary N) is 1. The monoisotopic (exact) mass is 401 g/mol. The maximum atomic E-state index is 6.06. The maximum Gasteiger partial charge on any atom is 0.126 e. The van der Waals surface area contributed by atoms with E-state index in [1.807, 2.05) is 18.2 Å². The zero-order valence-electron chi connectivity index (χ0n) is 11.0. The molecule has 0 aromatic carbocycles. The Labute approximate surface area is 144 Å². The van der Waals surface area contributed by atoms with Gasteiger partial charge in [-0.05, 0) is 58.7 Å². The van der Waals surface area contributed by atoms with Gasteiger partial charge in [-0.2, -0.15) is 0 Å². The topological polar surface area (TPSA) is 25.2 Å². The molecule has 6 heteroatoms. The van der Waals surface area contributed by atoms with Crippen LogP contribution in [0.2, 0.25) is 4.34 Å². The average Bonchev–Trinajstić information content (AvgIpc) is 3.17. The summed E-state index contributed by atoms with van der Waals surface area (Å²) in [6.07, 6.45) is 2.70. The van der Waals surface area contributed by atoms with E-state index >= 15 is 0 Å². The van der Waals surface area contributed by atoms with Crippen LogP contribution in [0.25, 0.3) is 0 Å². The molecule has 0 aliphatic carbocycles. The van der Waals surface area contributed by atoms with E-state index < -0.39 is 0 Å². The van der Waals surface area contributed by atoms with Crippen molar-refractivity contribution in [3.63, 3.8) is 0 Å². The van der Waals surface area contributed by atoms with E-state index in [-0.39, 0.29) is 6.04 Å². The average molecular weight is 403 g/mol. The summed E-state index contributed by atoms with van der Waals surface area (Å²) < 4.78 is 7.53. The highest BCUT2D eigenvalue weighted by molar-refractivity contribution is 9.11. The Morgan fingerprint density at radius 2 is 2.10 bits per heavy atom. The fraction of sp³-hybridized carbons (Fsp3) is 0.200. The Bertz CT molecular complexity index is 692. The lowest BCUT2D eigenvalue weighted by Gasteiger charge is -2.14. The second-order valence-corrected chi connectivity index (χ2v) is 8.79. The van der Waals surface area contributed by atoms with Gasteiger partial charge in [-0.15, -0.1) is 22.7 Å². The van der Waals surface area contributed by atoms with Gasteiger partial charge in [0, 0.05) is 16.3 Å². The van der Waals surface area contributed by atoms with Gasteiger partial charge in [0.2, 0.25) is 0 Å². The van der Waals surface area contributed by atoms with Gasteiger partial charge in [0.15, 0.2) is 0 Å². The van der Waals surface area contributed by atoms with Crippen molar-refractivity contribution in [3.8, 4) is 0 Å². The number of hydrogen-bond acceptors (Lipinski definition) is 4. The van der Waals surface area contributed by atoms with Crippen molar-refractivity contribution in [2.45, 2.75) is 12.5 Å². The SMILES string of the molecule is Clc1ccc(C(NCCc2ccc(Br)s2)c2ccco2)s1. The predicted octanol–water partition coefficient (Wildman–Crippen LogP) is 5.74. The number of hydrogen-bond donors (Lipinski definition) is 1. The molecule has 0 saturated carbocycles. The van der Waals surface area contributed by atoms with Crippen molar-refractivity contribution < 1.29 is 4.42 Å². The minimum absolute atomic E-state index is 0.0564. The highest BCUT2D eigenvalue weighted by Crippen LogP contribution is 2.31. The summed E-state index contributed by atoms with van der Waals surface area (Å²) in [4.78, 5) is 2.53. The third-order valence-electron chi connectivity index (χ3n) is 3.05. The molecule has 3 heterocycles. The van der Waals surface area contributed by atoms with Gasteiger partial charge in [-0.3, -0.25) is 0 Å². The van der Waals surface area contributed by atoms with E-state index in [1.165, 1.54) is 13.5 Å². The van der Waals surface area contributed by atoms with Crippen LogP contribution in [-0.4, -0.2) is 6.54 Å². The number of furan rings is 1. The summed E-state index contributed by atoms with van der Waals surface area (Å²) in [6.45, 7) is 0.883. The molecule has 0 aliphatic heterocycles. The van der Waals surface area contributed by atoms with Crippen LogP contribution < -0.4 is 5.32 Å². The fourth-order valence-electron chi connectivity index (χ4n) is 2.11. The molecule has 1 atom stereocenters. The van der Waals surface area contributed by atoms with Crippen LogP contribution in [0.15, 0.2) is 50.9 Å². The first-order valence-corrected chi connectivity index (χ1v) is 9.29. The van der Waals surface area contributed by atoms with Crippen molar-refractivity contribution in [2.24, 2.45) is 0 Å². The molecule has 0 bridgehead atoms. The van der Waals surface area contributed by atoms with Crippen LogP contribution in [0.3, 0.4) is 0 Å². The minimum atomic E-state index is 0.0564. The summed E-state index contributed by atoms with van der Waals surface area (Å²) >= 11 is 12.9. The van der Waals surface area contributed by atoms with Gasteiger partial charge in [0.1, 0.15) is 11.8 Å². The lowest BCUT2D eigenvalue weighted by molar-refractivity contribution is 0.451. The molecule has 3 rings (SSSR count). The summed E-state index contributed by atoms with van der Waals surface area (Å²) in [5.74, 6) is 0.917. The zero-order chi connectivity index (χ0) is 14.7. The highest BCUT2D eigenvalue weighted by atomic mass is 79.9. The lowest BCUT2D eigenvalue weighted by Crippen LogP contribution is -2.23. The van der Waals surface area contributed by atoms with Crippen LogP contribution in [0, 0.1) is 0 Å². The smallest absolute Gasteiger partial charge is 0.126 e. The Morgan fingerprint density at radius 1 is 1.19 bits per heavy atom. The standard InChI is InChI=1S/C15H13BrClNOS2/c16-13-5-3-10(20-13)7-8-18-15(11-2-1-9-19-11)12-4-6-14(17)21-12/h1-6,9,15,18H,7-8H2. The van der Waals surface area contributed by atoms with Crippen LogP contribution in [0.5, 0.6) is 0 Å². The van der Waals surface area contributed by atoms with Gasteiger partial charge in [-0.25, -0.2) is 0 Å². The summed E-state index contributed by atoms with van der Waals surface area (Å²) in [5, 5.41) is 3.56. The van der Waals surface area contributed by atoms with Gasteiger partial charge < -0.3 is 9.73 Å². The first-order valence-electron chi connectivity index (χ1n) is 6.48. The second kappa shape index (κ2) is 7.11. The van der Waals surface area contributed by atoms with Crippen molar-refractivity contribution in [3.05, 3.63) is 66.3 Å². The molecule has 3 aromatic heterocycles. The molecule has 0 radical (unpaired) electrons. The molecule has 0 fully saturated rings. The molecule has 110 valence electrons. The first-order chi connectivity index (χ1) is 10.2. The number of halogens is 2. The van der Waals surface area contributed by atoms with Gasteiger partial charge in [0.25, 0.3) is 0 Å². The quantitative estimate of drug-likeness (QED) is 0.568. The number of thiophene rings is 2. The first kappa shape index (κ1) is 15.3. The second-order valence-electron chi connectivity index (χ2n) is 4.50. The Morgan fingerprint density at radius 3 is 2.71 bits per heavy atom. The van der Waals surface area contributed by atoms with Crippen LogP contribution in [0.4, 0.5) is 0 Å². The van der Waals surface area contributed by atoms with Crippen LogP contribution >= 0.6 is 50.2 Å². The third-order valence-corrected chi connectivity index (χ3v) is 6.03. The molecule has 21 heavy (non-hydrogen) atoms. The maximum absolute atomic E-state index is 6.06. The molecule has 3 aromatic rings. The molecule has 0 spiro atoms. The molecule has 2 nitrogen and oxygen atoms in total. The van der Waals surface area contributed by atoms with Gasteiger partial charge in [0.05, 0.1) is 14.4 Å². The van der Waals surface area contributed by atoms with Crippen molar-refractivity contribution in [2.75, 3.05) is 6.54 Å². The van der Waals surface area contributed by atoms with Gasteiger partial charge >= 0.3 is 0 Å². The van der Waals surface area contributed by atoms with E-state index in [9.17, 15) is 0 Å². The zero-order valence-corrected chi connectivity index (χ0v) is 15.0. The predicted molar refractivity (Wildman–Crippen MR) is 93.6 cm³/mol. The Hall–Kier alpha value is -0.590. The Balaban J connectivity index is 1.68. The summed E-state index contributed by atoms with van der Waals surface area (Å²) in [6, 6.07) is 12.2. The molecule has 0 saturated heterocycles. The molecule has 1 unspecified atom stereocenters. The normalized spacial score (nSPS) is 12.7. The van der Waals surface area contributed by atoms with E-state index in [0.29, 0.717) is 0 Å². The van der Waals surface area contributed by atoms with Crippen LogP contribution in [0.1, 0.15) is 21.6 Å². The fourth-order valence-corrected chi connectivity index (χ4v) is 4.73. The van der Waals surface area contributed by atoms with E-state index in [0.717, 1.165) is 23.1 Å². The minimum Gasteiger partial charge on any atom is -0.467 e. The van der Waals surface area contributed by atoms with Crippen LogP contribution in [-0.2, 0) is 6.42 Å². The molecule has 0 aliphatic rings. The molecular weight excluding hydrogens is 390 g/mol. The Kier molecular flexibility index (Phi) is 5.19. The highest BCUT2D eigenvalue weighted by Gasteiger charge is 2.18. The third kappa shape index (κ3) is 3.99. The molecule has 1 N–H and O–H groups in total. The van der Waals surface area contributed by atoms with Gasteiger partial charge in [-0.1, -0.05) is 11.6 Å². The van der Waals surface area contributed by atoms with E-state index in [4.69, 9.17) is 16.0 Å². The summed E-state index contributed by atoms with van der Waals surface area (Å²) in [5.41, 5.74) is 0. The molecular formula is C15H13BrClNOS2. The largest absolute Gasteiger partial charge is 0.467 e. The van der Waals surface area contributed by atoms with E-state index in [2.05, 4.69) is 39.4 Å². The van der Waals surface area contributed by atoms with Crippen molar-refractivity contribution in [1.29, 1.82) is 0 Å². The number of rotatable bonds is 6. The lowest BCUT2D eigenvalue weighted by atomic mass is 10.2. The van der Waals surface area contributed by atoms with Crippen molar-refractivity contribution in [1.82, 2.24) is 5.32 Å². The molecule has 0 amide bonds. The summed E-state index contributed by atoms with van der Waals surface area (Å²) in [7, 11) is 0.